The van der Waals surface area contributed by atoms with Gasteiger partial charge in [-0.3, -0.25) is 14.4 Å². The standard InChI is InChI=1S/C19H23FN2O4/c1-11-8-14(5-6-16(11)20)22-10-13(9-17(22)23)18(24)21-7-3-4-15(12(21)2)19(25)26/h5-6,8,12-13,15H,3-4,7,9-10H2,1-2H3,(H,25,26)/t12-,13?,15-/m1/s1. The molecule has 2 fully saturated rings. The number of anilines is 1. The van der Waals surface area contributed by atoms with E-state index in [1.807, 2.05) is 0 Å². The second-order valence-corrected chi connectivity index (χ2v) is 7.20. The Bertz CT molecular complexity index is 751. The van der Waals surface area contributed by atoms with Crippen molar-refractivity contribution in [3.63, 3.8) is 0 Å². The quantitative estimate of drug-likeness (QED) is 0.894. The van der Waals surface area contributed by atoms with E-state index in [4.69, 9.17) is 0 Å². The smallest absolute Gasteiger partial charge is 0.308 e. The SMILES string of the molecule is Cc1cc(N2CC(C(=O)N3CCC[C@@H](C(=O)O)[C@H]3C)CC2=O)ccc1F. The van der Waals surface area contributed by atoms with Gasteiger partial charge >= 0.3 is 5.97 Å². The van der Waals surface area contributed by atoms with Gasteiger partial charge in [0.25, 0.3) is 0 Å². The third kappa shape index (κ3) is 3.30. The predicted molar refractivity (Wildman–Crippen MR) is 93.1 cm³/mol. The lowest BCUT2D eigenvalue weighted by Gasteiger charge is -2.38. The second kappa shape index (κ2) is 7.05. The molecule has 2 aliphatic rings. The molecule has 2 saturated heterocycles. The number of carboxylic acid groups (broad SMARTS) is 1. The molecule has 7 heteroatoms. The number of hydrogen-bond donors (Lipinski definition) is 1. The summed E-state index contributed by atoms with van der Waals surface area (Å²) in [6.45, 7) is 4.14. The molecule has 0 saturated carbocycles. The fourth-order valence-corrected chi connectivity index (χ4v) is 3.94. The molecule has 0 spiro atoms. The Kier molecular flexibility index (Phi) is 4.98. The number of carbonyl (C=O) groups is 3. The van der Waals surface area contributed by atoms with E-state index in [-0.39, 0.29) is 36.6 Å². The van der Waals surface area contributed by atoms with E-state index in [1.54, 1.807) is 24.8 Å². The number of piperidine rings is 1. The topological polar surface area (TPSA) is 77.9 Å². The Balaban J connectivity index is 1.74. The van der Waals surface area contributed by atoms with E-state index in [9.17, 15) is 23.9 Å². The van der Waals surface area contributed by atoms with Gasteiger partial charge in [0.05, 0.1) is 11.8 Å². The number of hydrogen-bond acceptors (Lipinski definition) is 3. The summed E-state index contributed by atoms with van der Waals surface area (Å²) in [5.74, 6) is -2.63. The monoisotopic (exact) mass is 362 g/mol. The molecule has 26 heavy (non-hydrogen) atoms. The Hall–Kier alpha value is -2.44. The number of benzene rings is 1. The summed E-state index contributed by atoms with van der Waals surface area (Å²) < 4.78 is 13.5. The zero-order valence-corrected chi connectivity index (χ0v) is 14.9. The Morgan fingerprint density at radius 1 is 1.31 bits per heavy atom. The number of carboxylic acids is 1. The van der Waals surface area contributed by atoms with Crippen LogP contribution in [0.1, 0.15) is 31.7 Å². The summed E-state index contributed by atoms with van der Waals surface area (Å²) in [4.78, 5) is 39.8. The van der Waals surface area contributed by atoms with E-state index in [0.29, 0.717) is 30.6 Å². The van der Waals surface area contributed by atoms with E-state index in [1.165, 1.54) is 17.0 Å². The maximum absolute atomic E-state index is 13.5. The van der Waals surface area contributed by atoms with Crippen molar-refractivity contribution in [2.24, 2.45) is 11.8 Å². The highest BCUT2D eigenvalue weighted by Crippen LogP contribution is 2.31. The molecule has 1 aromatic rings. The van der Waals surface area contributed by atoms with Crippen LogP contribution >= 0.6 is 0 Å². The lowest BCUT2D eigenvalue weighted by molar-refractivity contribution is -0.150. The number of likely N-dealkylation sites (tertiary alicyclic amines) is 1. The van der Waals surface area contributed by atoms with E-state index in [2.05, 4.69) is 0 Å². The summed E-state index contributed by atoms with van der Waals surface area (Å²) in [6, 6.07) is 4.07. The molecule has 3 rings (SSSR count). The Labute approximate surface area is 151 Å². The van der Waals surface area contributed by atoms with Crippen LogP contribution in [0.4, 0.5) is 10.1 Å². The number of aryl methyl sites for hydroxylation is 1. The summed E-state index contributed by atoms with van der Waals surface area (Å²) in [6.07, 6.45) is 1.30. The minimum atomic E-state index is -0.888. The van der Waals surface area contributed by atoms with Gasteiger partial charge in [0, 0.05) is 31.2 Å². The van der Waals surface area contributed by atoms with E-state index in [0.717, 1.165) is 0 Å². The molecule has 1 unspecified atom stereocenters. The van der Waals surface area contributed by atoms with Gasteiger partial charge in [-0.2, -0.15) is 0 Å². The molecule has 2 aliphatic heterocycles. The minimum Gasteiger partial charge on any atom is -0.481 e. The van der Waals surface area contributed by atoms with Crippen molar-refractivity contribution in [1.82, 2.24) is 4.90 Å². The van der Waals surface area contributed by atoms with Crippen LogP contribution in [0.2, 0.25) is 0 Å². The second-order valence-electron chi connectivity index (χ2n) is 7.20. The average molecular weight is 362 g/mol. The van der Waals surface area contributed by atoms with E-state index < -0.39 is 17.8 Å². The highest BCUT2D eigenvalue weighted by atomic mass is 19.1. The van der Waals surface area contributed by atoms with Crippen molar-refractivity contribution in [2.75, 3.05) is 18.0 Å². The maximum atomic E-state index is 13.5. The number of aliphatic carboxylic acids is 1. The maximum Gasteiger partial charge on any atom is 0.308 e. The largest absolute Gasteiger partial charge is 0.481 e. The molecule has 1 aromatic carbocycles. The molecular formula is C19H23FN2O4. The summed E-state index contributed by atoms with van der Waals surface area (Å²) in [5, 5.41) is 9.32. The first-order valence-corrected chi connectivity index (χ1v) is 8.89. The van der Waals surface area contributed by atoms with Gasteiger partial charge in [0.15, 0.2) is 0 Å². The minimum absolute atomic E-state index is 0.0935. The first-order valence-electron chi connectivity index (χ1n) is 8.89. The van der Waals surface area contributed by atoms with Gasteiger partial charge in [0.1, 0.15) is 5.82 Å². The molecule has 0 bridgehead atoms. The molecule has 140 valence electrons. The average Bonchev–Trinajstić information content (AvgIpc) is 2.98. The van der Waals surface area contributed by atoms with Crippen molar-refractivity contribution in [3.8, 4) is 0 Å². The number of halogens is 1. The predicted octanol–water partition coefficient (Wildman–Crippen LogP) is 2.20. The molecule has 2 amide bonds. The lowest BCUT2D eigenvalue weighted by atomic mass is 9.89. The molecule has 0 aromatic heterocycles. The Morgan fingerprint density at radius 2 is 2.04 bits per heavy atom. The van der Waals surface area contributed by atoms with Crippen molar-refractivity contribution < 1.29 is 23.9 Å². The van der Waals surface area contributed by atoms with Crippen LogP contribution < -0.4 is 4.90 Å². The van der Waals surface area contributed by atoms with E-state index >= 15 is 0 Å². The van der Waals surface area contributed by atoms with Crippen molar-refractivity contribution in [2.45, 2.75) is 39.2 Å². The number of carbonyl (C=O) groups excluding carboxylic acids is 2. The number of amides is 2. The summed E-state index contributed by atoms with van der Waals surface area (Å²) in [5.41, 5.74) is 1.03. The fourth-order valence-electron chi connectivity index (χ4n) is 3.94. The summed E-state index contributed by atoms with van der Waals surface area (Å²) in [7, 11) is 0. The molecule has 3 atom stereocenters. The normalized spacial score (nSPS) is 26.3. The molecule has 0 aliphatic carbocycles. The molecule has 6 nitrogen and oxygen atoms in total. The third-order valence-electron chi connectivity index (χ3n) is 5.52. The molecule has 1 N–H and O–H groups in total. The van der Waals surface area contributed by atoms with Crippen LogP contribution in [0.3, 0.4) is 0 Å². The lowest BCUT2D eigenvalue weighted by Crippen LogP contribution is -2.51. The van der Waals surface area contributed by atoms with Crippen LogP contribution in [0.25, 0.3) is 0 Å². The van der Waals surface area contributed by atoms with Gasteiger partial charge in [-0.25, -0.2) is 4.39 Å². The van der Waals surface area contributed by atoms with Gasteiger partial charge in [-0.05, 0) is 50.5 Å². The zero-order valence-electron chi connectivity index (χ0n) is 14.9. The number of rotatable bonds is 3. The Morgan fingerprint density at radius 3 is 2.69 bits per heavy atom. The van der Waals surface area contributed by atoms with Gasteiger partial charge < -0.3 is 14.9 Å². The third-order valence-corrected chi connectivity index (χ3v) is 5.52. The fraction of sp³-hybridized carbons (Fsp3) is 0.526. The first kappa shape index (κ1) is 18.4. The van der Waals surface area contributed by atoms with Crippen LogP contribution in [0.15, 0.2) is 18.2 Å². The van der Waals surface area contributed by atoms with Gasteiger partial charge in [-0.15, -0.1) is 0 Å². The van der Waals surface area contributed by atoms with Crippen molar-refractivity contribution >= 4 is 23.5 Å². The molecule has 2 heterocycles. The van der Waals surface area contributed by atoms with Crippen LogP contribution in [0, 0.1) is 24.6 Å². The van der Waals surface area contributed by atoms with Crippen LogP contribution in [0.5, 0.6) is 0 Å². The van der Waals surface area contributed by atoms with Crippen molar-refractivity contribution in [3.05, 3.63) is 29.6 Å². The molecule has 0 radical (unpaired) electrons. The summed E-state index contributed by atoms with van der Waals surface area (Å²) >= 11 is 0. The zero-order chi connectivity index (χ0) is 19.0. The van der Waals surface area contributed by atoms with Gasteiger partial charge in [0.2, 0.25) is 11.8 Å². The van der Waals surface area contributed by atoms with Crippen molar-refractivity contribution in [1.29, 1.82) is 0 Å². The van der Waals surface area contributed by atoms with Crippen LogP contribution in [-0.2, 0) is 14.4 Å². The van der Waals surface area contributed by atoms with Crippen LogP contribution in [-0.4, -0.2) is 46.9 Å². The highest BCUT2D eigenvalue weighted by Gasteiger charge is 2.42. The first-order chi connectivity index (χ1) is 12.3. The highest BCUT2D eigenvalue weighted by molar-refractivity contribution is 6.00. The van der Waals surface area contributed by atoms with Gasteiger partial charge in [-0.1, -0.05) is 0 Å². The molecular weight excluding hydrogens is 339 g/mol. The number of nitrogens with zero attached hydrogens (tertiary/aromatic N) is 2.